The van der Waals surface area contributed by atoms with Gasteiger partial charge in [-0.25, -0.2) is 9.37 Å². The second-order valence-corrected chi connectivity index (χ2v) is 10.7. The number of fused-ring (bicyclic) bond motifs is 2. The summed E-state index contributed by atoms with van der Waals surface area (Å²) in [5, 5.41) is 15.4. The molecule has 7 nitrogen and oxygen atoms in total. The number of aromatic amines is 2. The fourth-order valence-corrected chi connectivity index (χ4v) is 6.13. The molecule has 1 aromatic carbocycles. The first-order valence-corrected chi connectivity index (χ1v) is 13.9. The molecule has 5 heterocycles. The smallest absolute Gasteiger partial charge is 0.159 e. The van der Waals surface area contributed by atoms with Gasteiger partial charge in [0, 0.05) is 47.2 Å². The predicted molar refractivity (Wildman–Crippen MR) is 149 cm³/mol. The van der Waals surface area contributed by atoms with Crippen molar-refractivity contribution in [1.29, 1.82) is 0 Å². The van der Waals surface area contributed by atoms with Crippen LogP contribution >= 0.6 is 11.3 Å². The number of hydrogen-bond acceptors (Lipinski definition) is 6. The van der Waals surface area contributed by atoms with Crippen molar-refractivity contribution in [2.24, 2.45) is 5.92 Å². The summed E-state index contributed by atoms with van der Waals surface area (Å²) in [7, 11) is 0. The van der Waals surface area contributed by atoms with Gasteiger partial charge in [0.1, 0.15) is 17.0 Å². The number of H-pyrrole nitrogens is 2. The average molecular weight is 524 g/mol. The van der Waals surface area contributed by atoms with Crippen LogP contribution in [0.3, 0.4) is 0 Å². The second-order valence-electron chi connectivity index (χ2n) is 9.94. The summed E-state index contributed by atoms with van der Waals surface area (Å²) >= 11 is 1.61. The van der Waals surface area contributed by atoms with E-state index < -0.39 is 0 Å². The van der Waals surface area contributed by atoms with Crippen LogP contribution in [0.2, 0.25) is 0 Å². The van der Waals surface area contributed by atoms with Crippen LogP contribution in [0.4, 0.5) is 4.39 Å². The van der Waals surface area contributed by atoms with E-state index in [0.29, 0.717) is 28.0 Å². The van der Waals surface area contributed by atoms with Gasteiger partial charge in [0.15, 0.2) is 5.82 Å². The van der Waals surface area contributed by atoms with Crippen LogP contribution in [-0.4, -0.2) is 36.7 Å². The Balaban J connectivity index is 1.23. The number of pyridine rings is 2. The topological polar surface area (TPSA) is 95.2 Å². The predicted octanol–water partition coefficient (Wildman–Crippen LogP) is 6.71. The molecule has 1 fully saturated rings. The van der Waals surface area contributed by atoms with Gasteiger partial charge in [-0.15, -0.1) is 0 Å². The zero-order chi connectivity index (χ0) is 25.5. The summed E-state index contributed by atoms with van der Waals surface area (Å²) in [4.78, 5) is 17.1. The largest absolute Gasteiger partial charge is 0.336 e. The third-order valence-electron chi connectivity index (χ3n) is 7.43. The van der Waals surface area contributed by atoms with Crippen molar-refractivity contribution >= 4 is 33.3 Å². The lowest BCUT2D eigenvalue weighted by molar-refractivity contribution is 0.489. The number of nitrogens with zero attached hydrogens (tertiary/aromatic N) is 4. The summed E-state index contributed by atoms with van der Waals surface area (Å²) < 4.78 is 16.1. The van der Waals surface area contributed by atoms with E-state index in [1.54, 1.807) is 29.8 Å². The van der Waals surface area contributed by atoms with E-state index in [0.717, 1.165) is 52.4 Å². The molecule has 1 aliphatic carbocycles. The first-order chi connectivity index (χ1) is 18.7. The Kier molecular flexibility index (Phi) is 5.94. The number of thiophene rings is 1. The normalized spacial score (nSPS) is 14.2. The standard InChI is InChI=1S/C29H26FN7S/c30-25-21(20-11-18(14-32-15-20)13-31-12-17-3-1-2-4-17)5-6-22-24(25)28(37-36-22)29-34-23-7-9-33-26(27(23)35-29)19-8-10-38-16-19/h5-11,14-17,31H,1-4,12-13H2,(H,34,35)(H,36,37). The molecule has 9 heteroatoms. The lowest BCUT2D eigenvalue weighted by atomic mass is 10.0. The zero-order valence-electron chi connectivity index (χ0n) is 20.7. The van der Waals surface area contributed by atoms with Gasteiger partial charge in [-0.05, 0) is 66.6 Å². The molecule has 1 aliphatic rings. The van der Waals surface area contributed by atoms with Crippen LogP contribution in [0.15, 0.2) is 59.7 Å². The van der Waals surface area contributed by atoms with Crippen molar-refractivity contribution in [2.75, 3.05) is 6.54 Å². The number of hydrogen-bond donors (Lipinski definition) is 3. The molecule has 7 rings (SSSR count). The number of benzene rings is 1. The molecule has 0 bridgehead atoms. The molecule has 0 atom stereocenters. The highest BCUT2D eigenvalue weighted by Gasteiger charge is 2.21. The Hall–Kier alpha value is -3.95. The number of rotatable bonds is 7. The van der Waals surface area contributed by atoms with Gasteiger partial charge in [-0.3, -0.25) is 15.1 Å². The molecule has 5 aromatic heterocycles. The maximum absolute atomic E-state index is 16.1. The molecule has 1 saturated carbocycles. The maximum Gasteiger partial charge on any atom is 0.159 e. The third-order valence-corrected chi connectivity index (χ3v) is 8.11. The molecule has 0 spiro atoms. The first-order valence-electron chi connectivity index (χ1n) is 12.9. The van der Waals surface area contributed by atoms with Gasteiger partial charge < -0.3 is 10.3 Å². The first kappa shape index (κ1) is 23.2. The molecule has 0 saturated heterocycles. The van der Waals surface area contributed by atoms with Crippen LogP contribution in [0.5, 0.6) is 0 Å². The fraction of sp³-hybridized carbons (Fsp3) is 0.241. The highest BCUT2D eigenvalue weighted by Crippen LogP contribution is 2.35. The molecule has 3 N–H and O–H groups in total. The Labute approximate surface area is 222 Å². The van der Waals surface area contributed by atoms with Crippen LogP contribution in [0, 0.1) is 11.7 Å². The monoisotopic (exact) mass is 523 g/mol. The van der Waals surface area contributed by atoms with E-state index in [9.17, 15) is 0 Å². The highest BCUT2D eigenvalue weighted by molar-refractivity contribution is 7.08. The maximum atomic E-state index is 16.1. The zero-order valence-corrected chi connectivity index (χ0v) is 21.5. The number of imidazole rings is 1. The number of nitrogens with one attached hydrogen (secondary N) is 3. The molecule has 0 amide bonds. The quantitative estimate of drug-likeness (QED) is 0.216. The molecule has 0 unspecified atom stereocenters. The molecular formula is C29H26FN7S. The van der Waals surface area contributed by atoms with E-state index in [1.165, 1.54) is 25.7 Å². The lowest BCUT2D eigenvalue weighted by Crippen LogP contribution is -2.20. The summed E-state index contributed by atoms with van der Waals surface area (Å²) in [5.41, 5.74) is 6.67. The van der Waals surface area contributed by atoms with E-state index in [4.69, 9.17) is 4.98 Å². The van der Waals surface area contributed by atoms with Crippen LogP contribution in [-0.2, 0) is 6.54 Å². The summed E-state index contributed by atoms with van der Waals surface area (Å²) in [6, 6.07) is 9.54. The average Bonchev–Trinajstić information content (AvgIpc) is 3.75. The van der Waals surface area contributed by atoms with E-state index in [1.807, 2.05) is 41.2 Å². The lowest BCUT2D eigenvalue weighted by Gasteiger charge is -2.11. The Bertz CT molecular complexity index is 1730. The van der Waals surface area contributed by atoms with Crippen LogP contribution in [0.1, 0.15) is 31.2 Å². The summed E-state index contributed by atoms with van der Waals surface area (Å²) in [6.07, 6.45) is 10.6. The van der Waals surface area contributed by atoms with E-state index in [2.05, 4.69) is 30.5 Å². The van der Waals surface area contributed by atoms with Gasteiger partial charge >= 0.3 is 0 Å². The highest BCUT2D eigenvalue weighted by atomic mass is 32.1. The number of halogens is 1. The number of aromatic nitrogens is 6. The van der Waals surface area contributed by atoms with Crippen molar-refractivity contribution in [3.05, 3.63) is 71.1 Å². The van der Waals surface area contributed by atoms with Crippen molar-refractivity contribution in [3.63, 3.8) is 0 Å². The molecule has 0 aliphatic heterocycles. The summed E-state index contributed by atoms with van der Waals surface area (Å²) in [6.45, 7) is 1.74. The Morgan fingerprint density at radius 2 is 1.95 bits per heavy atom. The van der Waals surface area contributed by atoms with Crippen molar-refractivity contribution in [2.45, 2.75) is 32.2 Å². The van der Waals surface area contributed by atoms with E-state index in [-0.39, 0.29) is 5.82 Å². The minimum absolute atomic E-state index is 0.347. The molecule has 6 aromatic rings. The van der Waals surface area contributed by atoms with Gasteiger partial charge in [0.05, 0.1) is 22.1 Å². The fourth-order valence-electron chi connectivity index (χ4n) is 5.49. The van der Waals surface area contributed by atoms with Crippen LogP contribution < -0.4 is 5.32 Å². The van der Waals surface area contributed by atoms with Crippen molar-refractivity contribution in [3.8, 4) is 33.9 Å². The Morgan fingerprint density at radius 1 is 1.03 bits per heavy atom. The minimum Gasteiger partial charge on any atom is -0.336 e. The van der Waals surface area contributed by atoms with Gasteiger partial charge in [-0.2, -0.15) is 16.4 Å². The van der Waals surface area contributed by atoms with Gasteiger partial charge in [0.25, 0.3) is 0 Å². The molecule has 0 radical (unpaired) electrons. The Morgan fingerprint density at radius 3 is 2.82 bits per heavy atom. The van der Waals surface area contributed by atoms with Gasteiger partial charge in [-0.1, -0.05) is 12.8 Å². The van der Waals surface area contributed by atoms with Gasteiger partial charge in [0.2, 0.25) is 0 Å². The summed E-state index contributed by atoms with van der Waals surface area (Å²) in [5.74, 6) is 0.913. The molecular weight excluding hydrogens is 497 g/mol. The van der Waals surface area contributed by atoms with Crippen molar-refractivity contribution < 1.29 is 4.39 Å². The van der Waals surface area contributed by atoms with E-state index >= 15 is 4.39 Å². The molecule has 38 heavy (non-hydrogen) atoms. The molecule has 190 valence electrons. The van der Waals surface area contributed by atoms with Crippen molar-refractivity contribution in [1.82, 2.24) is 35.5 Å². The minimum atomic E-state index is -0.347. The SMILES string of the molecule is Fc1c(-c2cncc(CNCC3CCCC3)c2)ccc2[nH]nc(-c3nc4c(-c5ccsc5)nccc4[nH]3)c12. The second kappa shape index (κ2) is 9.74. The third kappa shape index (κ3) is 4.17. The van der Waals surface area contributed by atoms with Crippen LogP contribution in [0.25, 0.3) is 55.8 Å².